The minimum absolute atomic E-state index is 0.162. The fourth-order valence-corrected chi connectivity index (χ4v) is 11.8. The summed E-state index contributed by atoms with van der Waals surface area (Å²) < 4.78 is 92.7. The van der Waals surface area contributed by atoms with Gasteiger partial charge in [0.15, 0.2) is 11.5 Å². The van der Waals surface area contributed by atoms with Gasteiger partial charge in [-0.15, -0.1) is 0 Å². The van der Waals surface area contributed by atoms with E-state index < -0.39 is 62.2 Å². The molecule has 0 fully saturated rings. The largest absolute Gasteiger partial charge is 0.445 e. The molecule has 3 aromatic rings. The number of benzene rings is 3. The highest BCUT2D eigenvalue weighted by Crippen LogP contribution is 2.36. The Morgan fingerprint density at radius 3 is 1.30 bits per heavy atom. The van der Waals surface area contributed by atoms with E-state index in [0.29, 0.717) is 14.3 Å². The van der Waals surface area contributed by atoms with Crippen LogP contribution < -0.4 is 9.47 Å². The fraction of sp³-hybridized carbons (Fsp3) is 0.160. The van der Waals surface area contributed by atoms with Crippen LogP contribution in [0, 0.1) is 21.4 Å². The van der Waals surface area contributed by atoms with E-state index in [2.05, 4.69) is 49.9 Å². The second-order valence-electron chi connectivity index (χ2n) is 8.82. The van der Waals surface area contributed by atoms with Crippen LogP contribution in [0.2, 0.25) is 0 Å². The maximum Gasteiger partial charge on any atom is 0.429 e. The van der Waals surface area contributed by atoms with Crippen molar-refractivity contribution in [1.82, 2.24) is 0 Å². The molecule has 3 rings (SSSR count). The maximum atomic E-state index is 13.8. The zero-order valence-electron chi connectivity index (χ0n) is 21.3. The Bertz CT molecular complexity index is 1650. The van der Waals surface area contributed by atoms with Gasteiger partial charge in [-0.3, -0.25) is 4.55 Å². The third-order valence-corrected chi connectivity index (χ3v) is 10.7. The van der Waals surface area contributed by atoms with Crippen LogP contribution in [0.5, 0.6) is 11.5 Å². The van der Waals surface area contributed by atoms with Gasteiger partial charge in [0.05, 0.1) is 31.0 Å². The van der Waals surface area contributed by atoms with Gasteiger partial charge in [-0.25, -0.2) is 14.4 Å². The van der Waals surface area contributed by atoms with Crippen molar-refractivity contribution >= 4 is 164 Å². The Balaban J connectivity index is 2.11. The predicted molar refractivity (Wildman–Crippen MR) is 202 cm³/mol. The van der Waals surface area contributed by atoms with E-state index in [0.717, 1.165) is 25.3 Å². The highest BCUT2D eigenvalue weighted by atomic mass is 127. The average molecular weight is 1310 g/mol. The lowest BCUT2D eigenvalue weighted by Crippen LogP contribution is -2.51. The topological polar surface area (TPSA) is 133 Å². The van der Waals surface area contributed by atoms with Gasteiger partial charge >= 0.3 is 24.1 Å². The normalized spacial score (nSPS) is 13.2. The van der Waals surface area contributed by atoms with E-state index in [1.54, 1.807) is 24.3 Å². The van der Waals surface area contributed by atoms with Crippen molar-refractivity contribution in [2.24, 2.45) is 0 Å². The van der Waals surface area contributed by atoms with Gasteiger partial charge in [-0.1, -0.05) is 0 Å². The van der Waals surface area contributed by atoms with Crippen molar-refractivity contribution in [3.63, 3.8) is 0 Å². The Morgan fingerprint density at radius 2 is 1.00 bits per heavy atom. The van der Waals surface area contributed by atoms with Gasteiger partial charge in [-0.05, 0) is 185 Å². The molecule has 0 aliphatic carbocycles. The maximum absolute atomic E-state index is 13.8. The van der Waals surface area contributed by atoms with Crippen LogP contribution in [0.15, 0.2) is 42.5 Å². The van der Waals surface area contributed by atoms with Gasteiger partial charge < -0.3 is 14.2 Å². The summed E-state index contributed by atoms with van der Waals surface area (Å²) in [7, 11) is -5.28. The van der Waals surface area contributed by atoms with Gasteiger partial charge in [0.25, 0.3) is 10.1 Å². The lowest BCUT2D eigenvalue weighted by Gasteiger charge is -2.30. The number of ether oxygens (including phenoxy) is 3. The summed E-state index contributed by atoms with van der Waals surface area (Å²) in [5.74, 6) is -5.56. The van der Waals surface area contributed by atoms with Crippen LogP contribution in [0.25, 0.3) is 0 Å². The van der Waals surface area contributed by atoms with Gasteiger partial charge in [0.2, 0.25) is 5.60 Å². The first kappa shape index (κ1) is 38.6. The molecule has 1 unspecified atom stereocenters. The number of esters is 3. The van der Waals surface area contributed by atoms with Gasteiger partial charge in [-0.2, -0.15) is 21.6 Å². The number of hydrogen-bond donors (Lipinski definition) is 1. The van der Waals surface area contributed by atoms with E-state index in [1.807, 2.05) is 90.4 Å². The third kappa shape index (κ3) is 10.1. The molecule has 0 spiro atoms. The van der Waals surface area contributed by atoms with Crippen molar-refractivity contribution in [2.45, 2.75) is 18.7 Å². The van der Waals surface area contributed by atoms with E-state index in [4.69, 9.17) is 14.0 Å². The molecule has 1 N–H and O–H groups in total. The molecule has 9 nitrogen and oxygen atoms in total. The summed E-state index contributed by atoms with van der Waals surface area (Å²) in [6, 6.07) is 9.58. The van der Waals surface area contributed by atoms with Crippen molar-refractivity contribution in [1.29, 1.82) is 0 Å². The summed E-state index contributed by atoms with van der Waals surface area (Å²) in [5.41, 5.74) is -5.26. The van der Waals surface area contributed by atoms with Gasteiger partial charge in [0, 0.05) is 7.14 Å². The minimum atomic E-state index is -5.44. The molecular weight excluding hydrogens is 1290 g/mol. The summed E-state index contributed by atoms with van der Waals surface area (Å²) in [6.07, 6.45) is -5.44. The van der Waals surface area contributed by atoms with Crippen molar-refractivity contribution < 1.29 is 54.7 Å². The zero-order valence-corrected chi connectivity index (χ0v) is 35.0. The molecule has 3 aromatic carbocycles. The van der Waals surface area contributed by atoms with Gasteiger partial charge in [0.1, 0.15) is 5.75 Å². The summed E-state index contributed by atoms with van der Waals surface area (Å²) in [6.45, 7) is 0.257. The third-order valence-electron chi connectivity index (χ3n) is 5.33. The highest BCUT2D eigenvalue weighted by Gasteiger charge is 2.57. The first-order valence-electron chi connectivity index (χ1n) is 11.2. The Labute approximate surface area is 330 Å². The number of rotatable bonds is 8. The molecule has 0 saturated carbocycles. The SMILES string of the molecule is CC(CS(=O)(=O)O)(OC(=O)c1cc(C(=O)Oc2c(I)cc(I)cc2I)cc(C(=O)Oc2c(I)cc(I)cc2I)c1)C(F)(F)F. The molecule has 44 heavy (non-hydrogen) atoms. The number of alkyl halides is 3. The molecule has 0 saturated heterocycles. The molecule has 1 atom stereocenters. The Hall–Kier alpha value is 0.150. The molecular formula is C25H13F3I6O9S. The van der Waals surface area contributed by atoms with Crippen LogP contribution in [-0.2, 0) is 14.9 Å². The van der Waals surface area contributed by atoms with E-state index in [-0.39, 0.29) is 18.4 Å². The predicted octanol–water partition coefficient (Wildman–Crippen LogP) is 8.12. The fourth-order valence-electron chi connectivity index (χ4n) is 3.32. The van der Waals surface area contributed by atoms with Crippen LogP contribution in [0.1, 0.15) is 38.0 Å². The molecule has 0 radical (unpaired) electrons. The lowest BCUT2D eigenvalue weighted by atomic mass is 10.0. The van der Waals surface area contributed by atoms with E-state index >= 15 is 0 Å². The summed E-state index contributed by atoms with van der Waals surface area (Å²) >= 11 is 11.9. The molecule has 0 aromatic heterocycles. The number of carbonyl (C=O) groups excluding carboxylic acids is 3. The number of carbonyl (C=O) groups is 3. The van der Waals surface area contributed by atoms with Crippen LogP contribution >= 0.6 is 136 Å². The first-order chi connectivity index (χ1) is 20.1. The molecule has 0 amide bonds. The van der Waals surface area contributed by atoms with Crippen molar-refractivity contribution in [2.75, 3.05) is 5.75 Å². The zero-order chi connectivity index (χ0) is 33.4. The smallest absolute Gasteiger partial charge is 0.429 e. The van der Waals surface area contributed by atoms with Crippen molar-refractivity contribution in [3.05, 3.63) is 80.6 Å². The number of halogens is 9. The summed E-state index contributed by atoms with van der Waals surface area (Å²) in [5, 5.41) is 0. The van der Waals surface area contributed by atoms with Crippen LogP contribution in [-0.4, -0.2) is 48.4 Å². The Morgan fingerprint density at radius 1 is 0.682 bits per heavy atom. The molecule has 0 bridgehead atoms. The quantitative estimate of drug-likeness (QED) is 0.103. The standard InChI is InChI=1S/C25H13F3I6O9S/c1-24(25(26,27)28,9-44(38,39)40)43-23(37)12-3-10(21(35)41-19-15(31)5-13(29)6-16(19)32)2-11(4-12)22(36)42-20-17(33)7-14(30)8-18(20)34/h2-8H,9H2,1H3,(H,38,39,40). The van der Waals surface area contributed by atoms with E-state index in [1.165, 1.54) is 0 Å². The minimum Gasteiger partial charge on any atom is -0.445 e. The molecule has 0 heterocycles. The summed E-state index contributed by atoms with van der Waals surface area (Å²) in [4.78, 5) is 39.6. The molecule has 19 heteroatoms. The highest BCUT2D eigenvalue weighted by molar-refractivity contribution is 14.1. The molecule has 0 aliphatic heterocycles. The second-order valence-corrected chi connectivity index (χ2v) is 17.4. The van der Waals surface area contributed by atoms with Crippen molar-refractivity contribution in [3.8, 4) is 11.5 Å². The van der Waals surface area contributed by atoms with E-state index in [9.17, 15) is 36.0 Å². The average Bonchev–Trinajstić information content (AvgIpc) is 2.85. The lowest BCUT2D eigenvalue weighted by molar-refractivity contribution is -0.243. The Kier molecular flexibility index (Phi) is 13.3. The molecule has 236 valence electrons. The number of hydrogen-bond acceptors (Lipinski definition) is 8. The second kappa shape index (κ2) is 15.1. The first-order valence-corrected chi connectivity index (χ1v) is 19.3. The van der Waals surface area contributed by atoms with Crippen LogP contribution in [0.3, 0.4) is 0 Å². The van der Waals surface area contributed by atoms with Crippen LogP contribution in [0.4, 0.5) is 13.2 Å². The molecule has 0 aliphatic rings. The monoisotopic (exact) mass is 1310 g/mol.